The molecule has 0 spiro atoms. The molecule has 0 saturated heterocycles. The third-order valence-electron chi connectivity index (χ3n) is 7.26. The number of hydrogen-bond acceptors (Lipinski definition) is 9. The van der Waals surface area contributed by atoms with Crippen LogP contribution in [0.15, 0.2) is 60.7 Å². The number of methoxy groups -OCH3 is 1. The second kappa shape index (κ2) is 13.8. The van der Waals surface area contributed by atoms with E-state index in [9.17, 15) is 34.2 Å². The first-order valence-corrected chi connectivity index (χ1v) is 14.0. The first-order valence-electron chi connectivity index (χ1n) is 13.2. The van der Waals surface area contributed by atoms with Crippen LogP contribution in [-0.2, 0) is 35.0 Å². The van der Waals surface area contributed by atoms with Crippen LogP contribution in [-0.4, -0.2) is 71.8 Å². The zero-order valence-corrected chi connectivity index (χ0v) is 24.8. The van der Waals surface area contributed by atoms with Crippen molar-refractivity contribution in [2.24, 2.45) is 11.8 Å². The Kier molecular flexibility index (Phi) is 10.2. The van der Waals surface area contributed by atoms with Crippen molar-refractivity contribution in [1.29, 1.82) is 0 Å². The van der Waals surface area contributed by atoms with E-state index in [1.165, 1.54) is 6.92 Å². The maximum atomic E-state index is 13.4. The summed E-state index contributed by atoms with van der Waals surface area (Å²) in [7, 11) is 1.00. The second-order valence-electron chi connectivity index (χ2n) is 10.0. The van der Waals surface area contributed by atoms with Gasteiger partial charge in [0, 0.05) is 6.42 Å². The number of benzene rings is 3. The Labute approximate surface area is 260 Å². The van der Waals surface area contributed by atoms with E-state index < -0.39 is 66.3 Å². The molecule has 0 aromatic heterocycles. The van der Waals surface area contributed by atoms with E-state index in [4.69, 9.17) is 37.4 Å². The summed E-state index contributed by atoms with van der Waals surface area (Å²) in [4.78, 5) is 61.7. The normalized spacial score (nSPS) is 20.4. The van der Waals surface area contributed by atoms with E-state index in [2.05, 4.69) is 10.1 Å². The predicted molar refractivity (Wildman–Crippen MR) is 156 cm³/mol. The van der Waals surface area contributed by atoms with Gasteiger partial charge < -0.3 is 34.5 Å². The van der Waals surface area contributed by atoms with Crippen molar-refractivity contribution in [3.8, 4) is 0 Å². The van der Waals surface area contributed by atoms with Gasteiger partial charge in [0.25, 0.3) is 0 Å². The van der Waals surface area contributed by atoms with E-state index in [-0.39, 0.29) is 17.0 Å². The van der Waals surface area contributed by atoms with Crippen LogP contribution in [0.25, 0.3) is 10.8 Å². The van der Waals surface area contributed by atoms with Gasteiger partial charge in [-0.05, 0) is 47.5 Å². The van der Waals surface area contributed by atoms with Gasteiger partial charge in [-0.25, -0.2) is 14.4 Å². The topological polar surface area (TPSA) is 175 Å². The van der Waals surface area contributed by atoms with Crippen LogP contribution in [0.4, 0.5) is 9.59 Å². The molecule has 0 radical (unpaired) electrons. The van der Waals surface area contributed by atoms with Crippen LogP contribution in [0.1, 0.15) is 22.8 Å². The lowest BCUT2D eigenvalue weighted by Crippen LogP contribution is -2.67. The van der Waals surface area contributed by atoms with Gasteiger partial charge in [0.05, 0.1) is 28.8 Å². The Morgan fingerprint density at radius 2 is 1.48 bits per heavy atom. The highest BCUT2D eigenvalue weighted by Crippen LogP contribution is 2.41. The summed E-state index contributed by atoms with van der Waals surface area (Å²) in [5.41, 5.74) is 0.872. The molecule has 0 aliphatic heterocycles. The van der Waals surface area contributed by atoms with Crippen LogP contribution in [0.5, 0.6) is 0 Å². The molecule has 4 atom stereocenters. The molecule has 4 rings (SSSR count). The van der Waals surface area contributed by atoms with Gasteiger partial charge >= 0.3 is 24.2 Å². The predicted octanol–water partition coefficient (Wildman–Crippen LogP) is 4.96. The van der Waals surface area contributed by atoms with Crippen LogP contribution in [0.3, 0.4) is 0 Å². The van der Waals surface area contributed by atoms with Gasteiger partial charge in [0.2, 0.25) is 5.91 Å². The third-order valence-corrected chi connectivity index (χ3v) is 8.00. The number of esters is 2. The van der Waals surface area contributed by atoms with Crippen LogP contribution < -0.4 is 5.32 Å². The highest BCUT2D eigenvalue weighted by Gasteiger charge is 2.63. The number of rotatable bonds is 10. The molecule has 3 aromatic rings. The molecule has 1 aliphatic carbocycles. The van der Waals surface area contributed by atoms with Gasteiger partial charge in [0.1, 0.15) is 30.1 Å². The lowest BCUT2D eigenvalue weighted by molar-refractivity contribution is -0.196. The van der Waals surface area contributed by atoms with Gasteiger partial charge in [-0.15, -0.1) is 0 Å². The zero-order chi connectivity index (χ0) is 32.1. The van der Waals surface area contributed by atoms with E-state index >= 15 is 0 Å². The number of amides is 1. The summed E-state index contributed by atoms with van der Waals surface area (Å²) in [5.74, 6) is -5.68. The standard InChI is InChI=1S/C30H27Cl2NO11/c1-14(33-26(34)22-24(43-29(37)38)23(28(36)41-2)25(22)44-30(39)40)21(12-15-7-10-19(31)20(32)11-15)42-27(35)18-9-8-16-5-3-4-6-17(16)13-18/h3-11,13-14,21-25H,12H2,1-2H3,(H,33,34)(H,37,38)(H,39,40)/t14-,21+,22-,23-,24+,25+/m0/s1. The molecule has 44 heavy (non-hydrogen) atoms. The molecule has 3 aromatic carbocycles. The summed E-state index contributed by atoms with van der Waals surface area (Å²) in [6.45, 7) is 1.53. The lowest BCUT2D eigenvalue weighted by Gasteiger charge is -2.46. The highest BCUT2D eigenvalue weighted by molar-refractivity contribution is 6.42. The fourth-order valence-corrected chi connectivity index (χ4v) is 5.38. The molecule has 0 bridgehead atoms. The Morgan fingerprint density at radius 1 is 0.841 bits per heavy atom. The average molecular weight is 648 g/mol. The van der Waals surface area contributed by atoms with E-state index in [0.717, 1.165) is 17.9 Å². The number of fused-ring (bicyclic) bond motifs is 1. The maximum Gasteiger partial charge on any atom is 0.506 e. The highest BCUT2D eigenvalue weighted by atomic mass is 35.5. The van der Waals surface area contributed by atoms with Gasteiger partial charge in [-0.3, -0.25) is 9.59 Å². The molecule has 1 amide bonds. The zero-order valence-electron chi connectivity index (χ0n) is 23.3. The number of carboxylic acid groups (broad SMARTS) is 2. The number of ether oxygens (including phenoxy) is 4. The average Bonchev–Trinajstić information content (AvgIpc) is 2.97. The van der Waals surface area contributed by atoms with E-state index in [1.54, 1.807) is 36.4 Å². The number of carbonyl (C=O) groups is 5. The SMILES string of the molecule is COC(=O)[C@H]1[C@H](OC(=O)O)[C@H](C(=O)N[C@@H](C)[C@@H](Cc2ccc(Cl)c(Cl)c2)OC(=O)c2ccc3ccccc3c2)[C@H]1OC(=O)O. The molecule has 14 heteroatoms. The fourth-order valence-electron chi connectivity index (χ4n) is 5.06. The van der Waals surface area contributed by atoms with Crippen molar-refractivity contribution in [2.45, 2.75) is 37.7 Å². The minimum atomic E-state index is -1.80. The summed E-state index contributed by atoms with van der Waals surface area (Å²) >= 11 is 12.2. The Bertz CT molecular complexity index is 1570. The van der Waals surface area contributed by atoms with Crippen molar-refractivity contribution in [1.82, 2.24) is 5.32 Å². The summed E-state index contributed by atoms with van der Waals surface area (Å²) in [6.07, 6.45) is -7.76. The summed E-state index contributed by atoms with van der Waals surface area (Å²) < 4.78 is 20.0. The van der Waals surface area contributed by atoms with Crippen LogP contribution in [0.2, 0.25) is 10.0 Å². The molecular formula is C30H27Cl2NO11. The molecule has 1 saturated carbocycles. The Balaban J connectivity index is 1.59. The van der Waals surface area contributed by atoms with Crippen molar-refractivity contribution in [3.05, 3.63) is 81.8 Å². The second-order valence-corrected chi connectivity index (χ2v) is 10.8. The van der Waals surface area contributed by atoms with Gasteiger partial charge in [-0.2, -0.15) is 0 Å². The lowest BCUT2D eigenvalue weighted by atomic mass is 9.67. The largest absolute Gasteiger partial charge is 0.506 e. The van der Waals surface area contributed by atoms with Crippen molar-refractivity contribution in [2.75, 3.05) is 7.11 Å². The van der Waals surface area contributed by atoms with E-state index in [0.29, 0.717) is 10.6 Å². The molecular weight excluding hydrogens is 621 g/mol. The number of halogens is 2. The molecule has 3 N–H and O–H groups in total. The number of carbonyl (C=O) groups excluding carboxylic acids is 3. The van der Waals surface area contributed by atoms with E-state index in [1.807, 2.05) is 24.3 Å². The minimum Gasteiger partial charge on any atom is -0.469 e. The van der Waals surface area contributed by atoms with Crippen molar-refractivity contribution < 1.29 is 53.1 Å². The smallest absolute Gasteiger partial charge is 0.469 e. The summed E-state index contributed by atoms with van der Waals surface area (Å²) in [5, 5.41) is 23.3. The first kappa shape index (κ1) is 32.4. The molecule has 12 nitrogen and oxygen atoms in total. The maximum absolute atomic E-state index is 13.4. The Hall–Kier alpha value is -4.55. The first-order chi connectivity index (χ1) is 20.9. The fraction of sp³-hybridized carbons (Fsp3) is 0.300. The molecule has 0 unspecified atom stereocenters. The van der Waals surface area contributed by atoms with Crippen LogP contribution >= 0.6 is 23.2 Å². The Morgan fingerprint density at radius 3 is 2.07 bits per heavy atom. The van der Waals surface area contributed by atoms with Crippen molar-refractivity contribution in [3.63, 3.8) is 0 Å². The summed E-state index contributed by atoms with van der Waals surface area (Å²) in [6, 6.07) is 16.3. The molecule has 232 valence electrons. The van der Waals surface area contributed by atoms with Gasteiger partial charge in [0.15, 0.2) is 0 Å². The molecule has 1 aliphatic rings. The third kappa shape index (κ3) is 7.32. The van der Waals surface area contributed by atoms with Gasteiger partial charge in [-0.1, -0.05) is 59.6 Å². The van der Waals surface area contributed by atoms with Crippen molar-refractivity contribution >= 4 is 64.1 Å². The molecule has 1 fully saturated rings. The monoisotopic (exact) mass is 647 g/mol. The molecule has 0 heterocycles. The number of hydrogen-bond donors (Lipinski definition) is 3. The minimum absolute atomic E-state index is 0.0667. The van der Waals surface area contributed by atoms with Crippen LogP contribution in [0, 0.1) is 11.8 Å². The quantitative estimate of drug-likeness (QED) is 0.200. The number of nitrogens with one attached hydrogen (secondary N) is 1.